The molecule has 2 heterocycles. The van der Waals surface area contributed by atoms with Crippen LogP contribution >= 0.6 is 11.9 Å². The molecule has 31 heavy (non-hydrogen) atoms. The lowest BCUT2D eigenvalue weighted by Crippen LogP contribution is -2.43. The van der Waals surface area contributed by atoms with E-state index in [0.29, 0.717) is 0 Å². The maximum Gasteiger partial charge on any atom is 0.124 e. The molecule has 0 atom stereocenters. The van der Waals surface area contributed by atoms with E-state index in [4.69, 9.17) is 0 Å². The van der Waals surface area contributed by atoms with Crippen LogP contribution in [0.15, 0.2) is 67.0 Å². The summed E-state index contributed by atoms with van der Waals surface area (Å²) in [6.45, 7) is 8.59. The van der Waals surface area contributed by atoms with Crippen molar-refractivity contribution < 1.29 is 4.39 Å². The fourth-order valence-electron chi connectivity index (χ4n) is 3.93. The van der Waals surface area contributed by atoms with Crippen LogP contribution in [0.25, 0.3) is 22.8 Å². The summed E-state index contributed by atoms with van der Waals surface area (Å²) in [4.78, 5) is 6.49. The largest absolute Gasteiger partial charge is 0.369 e. The lowest BCUT2D eigenvalue weighted by atomic mass is 10.00. The van der Waals surface area contributed by atoms with Crippen LogP contribution in [0.4, 0.5) is 10.1 Å². The van der Waals surface area contributed by atoms with Gasteiger partial charge in [-0.3, -0.25) is 4.98 Å². The smallest absolute Gasteiger partial charge is 0.124 e. The zero-order valence-corrected chi connectivity index (χ0v) is 18.9. The van der Waals surface area contributed by atoms with E-state index in [9.17, 15) is 4.39 Å². The Labute approximate surface area is 188 Å². The molecular weight excluding hydrogens is 405 g/mol. The van der Waals surface area contributed by atoms with Gasteiger partial charge in [0.25, 0.3) is 0 Å². The number of hydrogen-bond donors (Lipinski definition) is 0. The van der Waals surface area contributed by atoms with E-state index in [2.05, 4.69) is 52.3 Å². The highest BCUT2D eigenvalue weighted by Gasteiger charge is 2.17. The predicted octanol–water partition coefficient (Wildman–Crippen LogP) is 6.24. The van der Waals surface area contributed by atoms with Gasteiger partial charge in [0.1, 0.15) is 5.82 Å². The van der Waals surface area contributed by atoms with Crippen molar-refractivity contribution in [3.05, 3.63) is 83.9 Å². The Bertz CT molecular complexity index is 1030. The van der Waals surface area contributed by atoms with E-state index in [1.165, 1.54) is 5.69 Å². The van der Waals surface area contributed by atoms with Gasteiger partial charge in [-0.2, -0.15) is 0 Å². The fraction of sp³-hybridized carbons (Fsp3) is 0.269. The highest BCUT2D eigenvalue weighted by Crippen LogP contribution is 2.26. The summed E-state index contributed by atoms with van der Waals surface area (Å²) in [5, 5.41) is 0. The van der Waals surface area contributed by atoms with Crippen LogP contribution in [0, 0.1) is 5.82 Å². The molecule has 5 heteroatoms. The van der Waals surface area contributed by atoms with Gasteiger partial charge in [0.05, 0.1) is 0 Å². The van der Waals surface area contributed by atoms with Crippen LogP contribution in [0.2, 0.25) is 0 Å². The molecule has 0 aliphatic carbocycles. The summed E-state index contributed by atoms with van der Waals surface area (Å²) in [6.07, 6.45) is 5.50. The molecule has 1 aliphatic heterocycles. The molecule has 4 rings (SSSR count). The molecule has 0 bridgehead atoms. The van der Waals surface area contributed by atoms with E-state index in [1.807, 2.05) is 36.2 Å². The van der Waals surface area contributed by atoms with Crippen molar-refractivity contribution in [2.75, 3.05) is 36.8 Å². The number of piperazine rings is 1. The quantitative estimate of drug-likeness (QED) is 0.338. The molecule has 0 spiro atoms. The topological polar surface area (TPSA) is 19.4 Å². The first-order valence-corrected chi connectivity index (χ1v) is 11.7. The first-order valence-electron chi connectivity index (χ1n) is 10.7. The molecule has 0 saturated carbocycles. The van der Waals surface area contributed by atoms with Crippen molar-refractivity contribution in [2.24, 2.45) is 0 Å². The van der Waals surface area contributed by atoms with Crippen molar-refractivity contribution in [3.8, 4) is 11.1 Å². The summed E-state index contributed by atoms with van der Waals surface area (Å²) >= 11 is 1.93. The van der Waals surface area contributed by atoms with Gasteiger partial charge in [-0.15, -0.1) is 0 Å². The summed E-state index contributed by atoms with van der Waals surface area (Å²) in [5.74, 6) is 0.902. The molecular formula is C26H28FN3S. The number of benzene rings is 2. The van der Waals surface area contributed by atoms with Gasteiger partial charge in [-0.05, 0) is 77.2 Å². The third-order valence-corrected chi connectivity index (χ3v) is 6.54. The highest BCUT2D eigenvalue weighted by molar-refractivity contribution is 7.96. The number of nitrogens with zero attached hydrogens (tertiary/aromatic N) is 3. The third kappa shape index (κ3) is 5.54. The first-order chi connectivity index (χ1) is 15.1. The molecule has 1 fully saturated rings. The highest BCUT2D eigenvalue weighted by atomic mass is 32.2. The van der Waals surface area contributed by atoms with Gasteiger partial charge in [0.15, 0.2) is 0 Å². The van der Waals surface area contributed by atoms with Crippen LogP contribution < -0.4 is 4.90 Å². The average Bonchev–Trinajstić information content (AvgIpc) is 2.80. The van der Waals surface area contributed by atoms with Crippen molar-refractivity contribution in [1.29, 1.82) is 0 Å². The third-order valence-electron chi connectivity index (χ3n) is 5.56. The minimum absolute atomic E-state index is 0.232. The van der Waals surface area contributed by atoms with Gasteiger partial charge in [0.2, 0.25) is 0 Å². The number of pyridine rings is 1. The molecule has 160 valence electrons. The number of allylic oxidation sites excluding steroid dienone is 1. The van der Waals surface area contributed by atoms with Gasteiger partial charge in [-0.1, -0.05) is 37.1 Å². The van der Waals surface area contributed by atoms with Gasteiger partial charge < -0.3 is 4.90 Å². The molecule has 0 unspecified atom stereocenters. The van der Waals surface area contributed by atoms with Crippen molar-refractivity contribution >= 4 is 29.3 Å². The van der Waals surface area contributed by atoms with Gasteiger partial charge in [0, 0.05) is 50.0 Å². The second kappa shape index (κ2) is 10.1. The second-order valence-corrected chi connectivity index (χ2v) is 9.07. The first kappa shape index (κ1) is 21.6. The lowest BCUT2D eigenvalue weighted by Gasteiger charge is -2.35. The van der Waals surface area contributed by atoms with Crippen LogP contribution in [-0.2, 0) is 0 Å². The maximum atomic E-state index is 14.2. The van der Waals surface area contributed by atoms with Crippen LogP contribution in [-0.4, -0.2) is 41.2 Å². The zero-order chi connectivity index (χ0) is 21.6. The molecule has 1 saturated heterocycles. The van der Waals surface area contributed by atoms with E-state index < -0.39 is 0 Å². The Balaban J connectivity index is 1.48. The van der Waals surface area contributed by atoms with Crippen molar-refractivity contribution in [3.63, 3.8) is 0 Å². The molecule has 0 radical (unpaired) electrons. The Kier molecular flexibility index (Phi) is 7.05. The Morgan fingerprint density at radius 3 is 2.35 bits per heavy atom. The molecule has 2 aromatic carbocycles. The number of hydrogen-bond acceptors (Lipinski definition) is 4. The van der Waals surface area contributed by atoms with E-state index >= 15 is 0 Å². The van der Waals surface area contributed by atoms with E-state index in [0.717, 1.165) is 59.8 Å². The van der Waals surface area contributed by atoms with Crippen LogP contribution in [0.1, 0.15) is 25.0 Å². The van der Waals surface area contributed by atoms with Crippen LogP contribution in [0.5, 0.6) is 0 Å². The standard InChI is InChI=1S/C26H28FN3S/c1-3-31-30-14-12-29(13-15-30)26-6-4-22(5-7-26)20(2)16-21-17-24(19-25(27)18-21)23-8-10-28-11-9-23/h4-11,16-19H,3,12-15H2,1-2H3. The predicted molar refractivity (Wildman–Crippen MR) is 132 cm³/mol. The molecule has 3 aromatic rings. The molecule has 3 nitrogen and oxygen atoms in total. The molecule has 1 aliphatic rings. The monoisotopic (exact) mass is 433 g/mol. The maximum absolute atomic E-state index is 14.2. The van der Waals surface area contributed by atoms with Crippen molar-refractivity contribution in [1.82, 2.24) is 9.29 Å². The summed E-state index contributed by atoms with van der Waals surface area (Å²) < 4.78 is 16.7. The normalized spacial score (nSPS) is 15.3. The number of halogens is 1. The Morgan fingerprint density at radius 1 is 0.968 bits per heavy atom. The van der Waals surface area contributed by atoms with Crippen LogP contribution in [0.3, 0.4) is 0 Å². The fourth-order valence-corrected chi connectivity index (χ4v) is 4.72. The SMILES string of the molecule is CCSN1CCN(c2ccc(C(C)=Cc3cc(F)cc(-c4ccncc4)c3)cc2)CC1. The van der Waals surface area contributed by atoms with E-state index in [1.54, 1.807) is 24.5 Å². The Morgan fingerprint density at radius 2 is 1.68 bits per heavy atom. The summed E-state index contributed by atoms with van der Waals surface area (Å²) in [5.41, 5.74) is 6.21. The number of rotatable bonds is 6. The van der Waals surface area contributed by atoms with E-state index in [-0.39, 0.29) is 5.82 Å². The number of aromatic nitrogens is 1. The number of anilines is 1. The van der Waals surface area contributed by atoms with Gasteiger partial charge >= 0.3 is 0 Å². The molecule has 0 amide bonds. The average molecular weight is 434 g/mol. The Hall–Kier alpha value is -2.63. The molecule has 0 N–H and O–H groups in total. The zero-order valence-electron chi connectivity index (χ0n) is 18.1. The lowest BCUT2D eigenvalue weighted by molar-refractivity contribution is 0.430. The minimum Gasteiger partial charge on any atom is -0.369 e. The second-order valence-electron chi connectivity index (χ2n) is 7.72. The van der Waals surface area contributed by atoms with Gasteiger partial charge in [-0.25, -0.2) is 8.70 Å². The summed E-state index contributed by atoms with van der Waals surface area (Å²) in [6, 6.07) is 17.7. The molecule has 1 aromatic heterocycles. The summed E-state index contributed by atoms with van der Waals surface area (Å²) in [7, 11) is 0. The minimum atomic E-state index is -0.232. The van der Waals surface area contributed by atoms with Crippen molar-refractivity contribution in [2.45, 2.75) is 13.8 Å².